The predicted octanol–water partition coefficient (Wildman–Crippen LogP) is 3.21. The molecular formula is C13H21NOS. The maximum Gasteiger partial charge on any atom is 0.0469 e. The lowest BCUT2D eigenvalue weighted by atomic mass is 9.92. The van der Waals surface area contributed by atoms with Crippen molar-refractivity contribution in [3.63, 3.8) is 0 Å². The second kappa shape index (κ2) is 5.80. The Labute approximate surface area is 102 Å². The number of thiophene rings is 1. The first-order valence-electron chi connectivity index (χ1n) is 6.13. The number of nitrogens with one attached hydrogen (secondary N) is 1. The van der Waals surface area contributed by atoms with Crippen LogP contribution in [0, 0.1) is 5.92 Å². The van der Waals surface area contributed by atoms with Crippen LogP contribution in [-0.2, 0) is 4.74 Å². The third-order valence-corrected chi connectivity index (χ3v) is 4.23. The van der Waals surface area contributed by atoms with Crippen LogP contribution in [0.2, 0.25) is 0 Å². The average Bonchev–Trinajstić information content (AvgIpc) is 2.83. The largest absolute Gasteiger partial charge is 0.381 e. The van der Waals surface area contributed by atoms with Gasteiger partial charge in [0.1, 0.15) is 0 Å². The van der Waals surface area contributed by atoms with Gasteiger partial charge in [-0.15, -0.1) is 0 Å². The van der Waals surface area contributed by atoms with Gasteiger partial charge in [0.2, 0.25) is 0 Å². The SMILES string of the molecule is CC(NC(C)C1CCOCC1)c1ccsc1. The van der Waals surface area contributed by atoms with Crippen LogP contribution in [0.15, 0.2) is 16.8 Å². The minimum absolute atomic E-state index is 0.462. The molecule has 0 spiro atoms. The smallest absolute Gasteiger partial charge is 0.0469 e. The monoisotopic (exact) mass is 239 g/mol. The number of hydrogen-bond acceptors (Lipinski definition) is 3. The second-order valence-corrected chi connectivity index (χ2v) is 5.46. The summed E-state index contributed by atoms with van der Waals surface area (Å²) in [5.41, 5.74) is 1.41. The highest BCUT2D eigenvalue weighted by atomic mass is 32.1. The van der Waals surface area contributed by atoms with Gasteiger partial charge >= 0.3 is 0 Å². The van der Waals surface area contributed by atoms with Gasteiger partial charge in [-0.25, -0.2) is 0 Å². The molecule has 0 amide bonds. The molecule has 1 aromatic heterocycles. The maximum absolute atomic E-state index is 5.40. The van der Waals surface area contributed by atoms with E-state index in [1.807, 2.05) is 0 Å². The number of ether oxygens (including phenoxy) is 1. The minimum atomic E-state index is 0.462. The fourth-order valence-corrected chi connectivity index (χ4v) is 3.12. The number of hydrogen-bond donors (Lipinski definition) is 1. The quantitative estimate of drug-likeness (QED) is 0.871. The van der Waals surface area contributed by atoms with Gasteiger partial charge in [-0.1, -0.05) is 0 Å². The minimum Gasteiger partial charge on any atom is -0.381 e. The first kappa shape index (κ1) is 12.1. The molecule has 1 aliphatic heterocycles. The third kappa shape index (κ3) is 3.06. The van der Waals surface area contributed by atoms with E-state index in [1.54, 1.807) is 11.3 Å². The fourth-order valence-electron chi connectivity index (χ4n) is 2.36. The normalized spacial score (nSPS) is 21.9. The molecule has 0 aromatic carbocycles. The van der Waals surface area contributed by atoms with Gasteiger partial charge in [0.15, 0.2) is 0 Å². The second-order valence-electron chi connectivity index (χ2n) is 4.68. The molecule has 1 N–H and O–H groups in total. The molecule has 0 aliphatic carbocycles. The van der Waals surface area contributed by atoms with Gasteiger partial charge in [-0.05, 0) is 55.0 Å². The van der Waals surface area contributed by atoms with Crippen LogP contribution in [0.3, 0.4) is 0 Å². The highest BCUT2D eigenvalue weighted by Crippen LogP contribution is 2.22. The van der Waals surface area contributed by atoms with Gasteiger partial charge in [-0.2, -0.15) is 11.3 Å². The Morgan fingerprint density at radius 2 is 2.12 bits per heavy atom. The van der Waals surface area contributed by atoms with Crippen LogP contribution in [0.25, 0.3) is 0 Å². The lowest BCUT2D eigenvalue weighted by Gasteiger charge is -2.30. The maximum atomic E-state index is 5.40. The summed E-state index contributed by atoms with van der Waals surface area (Å²) in [5.74, 6) is 0.773. The Balaban J connectivity index is 1.84. The van der Waals surface area contributed by atoms with Crippen LogP contribution in [0.5, 0.6) is 0 Å². The summed E-state index contributed by atoms with van der Waals surface area (Å²) in [7, 11) is 0. The molecule has 2 unspecified atom stereocenters. The zero-order valence-corrected chi connectivity index (χ0v) is 10.9. The van der Waals surface area contributed by atoms with E-state index in [-0.39, 0.29) is 0 Å². The molecule has 2 heterocycles. The summed E-state index contributed by atoms with van der Waals surface area (Å²) < 4.78 is 5.40. The molecule has 0 saturated carbocycles. The van der Waals surface area contributed by atoms with Crippen molar-refractivity contribution in [3.05, 3.63) is 22.4 Å². The van der Waals surface area contributed by atoms with Crippen molar-refractivity contribution >= 4 is 11.3 Å². The van der Waals surface area contributed by atoms with E-state index >= 15 is 0 Å². The Morgan fingerprint density at radius 3 is 2.75 bits per heavy atom. The van der Waals surface area contributed by atoms with Crippen molar-refractivity contribution in [3.8, 4) is 0 Å². The molecule has 0 bridgehead atoms. The van der Waals surface area contributed by atoms with Crippen molar-refractivity contribution in [2.24, 2.45) is 5.92 Å². The summed E-state index contributed by atoms with van der Waals surface area (Å²) in [6.45, 7) is 6.42. The van der Waals surface area contributed by atoms with Gasteiger partial charge in [0.05, 0.1) is 0 Å². The average molecular weight is 239 g/mol. The zero-order valence-electron chi connectivity index (χ0n) is 10.1. The van der Waals surface area contributed by atoms with E-state index in [1.165, 1.54) is 18.4 Å². The molecule has 3 heteroatoms. The topological polar surface area (TPSA) is 21.3 Å². The highest BCUT2D eigenvalue weighted by molar-refractivity contribution is 7.07. The third-order valence-electron chi connectivity index (χ3n) is 3.53. The summed E-state index contributed by atoms with van der Waals surface area (Å²) >= 11 is 1.77. The van der Waals surface area contributed by atoms with Crippen molar-refractivity contribution < 1.29 is 4.74 Å². The van der Waals surface area contributed by atoms with Crippen molar-refractivity contribution in [1.29, 1.82) is 0 Å². The van der Waals surface area contributed by atoms with E-state index in [2.05, 4.69) is 36.0 Å². The molecule has 1 aliphatic rings. The lowest BCUT2D eigenvalue weighted by molar-refractivity contribution is 0.0547. The van der Waals surface area contributed by atoms with E-state index in [4.69, 9.17) is 4.74 Å². The van der Waals surface area contributed by atoms with E-state index < -0.39 is 0 Å². The van der Waals surface area contributed by atoms with Gasteiger partial charge in [0.25, 0.3) is 0 Å². The standard InChI is InChI=1S/C13H21NOS/c1-10(12-3-6-15-7-4-12)14-11(2)13-5-8-16-9-13/h5,8-12,14H,3-4,6-7H2,1-2H3. The van der Waals surface area contributed by atoms with Gasteiger partial charge in [-0.3, -0.25) is 0 Å². The van der Waals surface area contributed by atoms with Crippen LogP contribution in [-0.4, -0.2) is 19.3 Å². The molecule has 0 radical (unpaired) electrons. The lowest BCUT2D eigenvalue weighted by Crippen LogP contribution is -2.38. The van der Waals surface area contributed by atoms with Crippen LogP contribution >= 0.6 is 11.3 Å². The Bertz CT molecular complexity index is 293. The van der Waals surface area contributed by atoms with Crippen molar-refractivity contribution in [2.45, 2.75) is 38.8 Å². The highest BCUT2D eigenvalue weighted by Gasteiger charge is 2.21. The summed E-state index contributed by atoms with van der Waals surface area (Å²) in [6, 6.07) is 3.25. The summed E-state index contributed by atoms with van der Waals surface area (Å²) in [4.78, 5) is 0. The van der Waals surface area contributed by atoms with Gasteiger partial charge < -0.3 is 10.1 Å². The molecule has 1 saturated heterocycles. The Kier molecular flexibility index (Phi) is 4.38. The fraction of sp³-hybridized carbons (Fsp3) is 0.692. The molecule has 16 heavy (non-hydrogen) atoms. The van der Waals surface area contributed by atoms with Crippen LogP contribution in [0.4, 0.5) is 0 Å². The van der Waals surface area contributed by atoms with E-state index in [9.17, 15) is 0 Å². The first-order chi connectivity index (χ1) is 7.77. The molecule has 1 aromatic rings. The Hall–Kier alpha value is -0.380. The van der Waals surface area contributed by atoms with Gasteiger partial charge in [0, 0.05) is 25.3 Å². The van der Waals surface area contributed by atoms with E-state index in [0.717, 1.165) is 19.1 Å². The first-order valence-corrected chi connectivity index (χ1v) is 7.07. The zero-order chi connectivity index (χ0) is 11.4. The molecular weight excluding hydrogens is 218 g/mol. The number of rotatable bonds is 4. The summed E-state index contributed by atoms with van der Waals surface area (Å²) in [6.07, 6.45) is 2.40. The Morgan fingerprint density at radius 1 is 1.38 bits per heavy atom. The van der Waals surface area contributed by atoms with E-state index in [0.29, 0.717) is 12.1 Å². The molecule has 1 fully saturated rings. The van der Waals surface area contributed by atoms with Crippen molar-refractivity contribution in [2.75, 3.05) is 13.2 Å². The van der Waals surface area contributed by atoms with Crippen molar-refractivity contribution in [1.82, 2.24) is 5.32 Å². The molecule has 2 rings (SSSR count). The predicted molar refractivity (Wildman–Crippen MR) is 68.9 cm³/mol. The van der Waals surface area contributed by atoms with Crippen LogP contribution in [0.1, 0.15) is 38.3 Å². The van der Waals surface area contributed by atoms with Crippen LogP contribution < -0.4 is 5.32 Å². The summed E-state index contributed by atoms with van der Waals surface area (Å²) in [5, 5.41) is 8.08. The molecule has 2 nitrogen and oxygen atoms in total. The molecule has 90 valence electrons. The molecule has 2 atom stereocenters.